The number of carbonyl (C=O) groups excluding carboxylic acids is 2. The zero-order valence-corrected chi connectivity index (χ0v) is 16.1. The fraction of sp³-hybridized carbons (Fsp3) is 0.786. The molecule has 0 aliphatic carbocycles. The van der Waals surface area contributed by atoms with Gasteiger partial charge in [-0.25, -0.2) is 0 Å². The maximum Gasteiger partial charge on any atom is 0.310 e. The van der Waals surface area contributed by atoms with Crippen LogP contribution in [-0.2, 0) is 14.3 Å². The van der Waals surface area contributed by atoms with Crippen LogP contribution in [0.4, 0.5) is 0 Å². The van der Waals surface area contributed by atoms with Gasteiger partial charge in [0.15, 0.2) is 5.96 Å². The van der Waals surface area contributed by atoms with Gasteiger partial charge in [0.1, 0.15) is 0 Å². The number of aliphatic imine (C=N–C) groups is 1. The summed E-state index contributed by atoms with van der Waals surface area (Å²) in [6.07, 6.45) is 1.74. The molecule has 0 unspecified atom stereocenters. The van der Waals surface area contributed by atoms with Crippen LogP contribution in [0.15, 0.2) is 4.99 Å². The number of hydrogen-bond acceptors (Lipinski definition) is 4. The summed E-state index contributed by atoms with van der Waals surface area (Å²) in [5, 5.41) is 3.04. The molecule has 1 aliphatic rings. The van der Waals surface area contributed by atoms with E-state index >= 15 is 0 Å². The zero-order valence-electron chi connectivity index (χ0n) is 13.8. The molecular weight excluding hydrogens is 399 g/mol. The minimum atomic E-state index is -0.151. The predicted molar refractivity (Wildman–Crippen MR) is 96.4 cm³/mol. The van der Waals surface area contributed by atoms with Crippen molar-refractivity contribution in [3.63, 3.8) is 0 Å². The van der Waals surface area contributed by atoms with E-state index in [-0.39, 0.29) is 48.3 Å². The second-order valence-electron chi connectivity index (χ2n) is 5.23. The lowest BCUT2D eigenvalue weighted by molar-refractivity contribution is -0.149. The molecule has 1 amide bonds. The van der Waals surface area contributed by atoms with Crippen LogP contribution in [0.2, 0.25) is 0 Å². The van der Waals surface area contributed by atoms with Crippen LogP contribution >= 0.6 is 24.0 Å². The number of esters is 1. The summed E-state index contributed by atoms with van der Waals surface area (Å²) in [5.74, 6) is 0.359. The maximum atomic E-state index is 11.8. The van der Waals surface area contributed by atoms with Gasteiger partial charge in [-0.1, -0.05) is 0 Å². The number of likely N-dealkylation sites (tertiary alicyclic amines) is 1. The van der Waals surface area contributed by atoms with Gasteiger partial charge in [0.2, 0.25) is 5.91 Å². The Labute approximate surface area is 149 Å². The molecule has 1 saturated heterocycles. The Morgan fingerprint density at radius 1 is 1.41 bits per heavy atom. The number of ether oxygens (including phenoxy) is 1. The van der Waals surface area contributed by atoms with Gasteiger partial charge < -0.3 is 19.9 Å². The molecule has 1 rings (SSSR count). The van der Waals surface area contributed by atoms with Gasteiger partial charge in [-0.05, 0) is 19.8 Å². The van der Waals surface area contributed by atoms with Crippen LogP contribution in [0.5, 0.6) is 0 Å². The summed E-state index contributed by atoms with van der Waals surface area (Å²) < 4.78 is 5.09. The van der Waals surface area contributed by atoms with Gasteiger partial charge >= 0.3 is 5.97 Å². The Hall–Kier alpha value is -1.06. The summed E-state index contributed by atoms with van der Waals surface area (Å²) in [5.41, 5.74) is 0. The highest BCUT2D eigenvalue weighted by Gasteiger charge is 2.28. The van der Waals surface area contributed by atoms with Crippen LogP contribution < -0.4 is 5.32 Å². The maximum absolute atomic E-state index is 11.8. The molecule has 0 saturated carbocycles. The third kappa shape index (κ3) is 6.37. The number of nitrogens with one attached hydrogen (secondary N) is 1. The fourth-order valence-electron chi connectivity index (χ4n) is 2.27. The SMILES string of the molecule is CCOC(=O)[C@@H]1CCCN(C(=NC)NCC(=O)N(C)C)C1.I. The summed E-state index contributed by atoms with van der Waals surface area (Å²) in [6, 6.07) is 0. The molecule has 1 aliphatic heterocycles. The number of hydrogen-bond donors (Lipinski definition) is 1. The Morgan fingerprint density at radius 3 is 2.64 bits per heavy atom. The van der Waals surface area contributed by atoms with Gasteiger partial charge in [-0.3, -0.25) is 14.6 Å². The molecule has 128 valence electrons. The Kier molecular flexibility index (Phi) is 10.1. The van der Waals surface area contributed by atoms with Crippen LogP contribution in [-0.4, -0.2) is 75.0 Å². The third-order valence-corrected chi connectivity index (χ3v) is 3.45. The Bertz CT molecular complexity index is 402. The molecule has 1 heterocycles. The number of carbonyl (C=O) groups is 2. The summed E-state index contributed by atoms with van der Waals surface area (Å²) in [4.78, 5) is 31.2. The van der Waals surface area contributed by atoms with Crippen molar-refractivity contribution in [2.75, 3.05) is 47.4 Å². The molecule has 7 nitrogen and oxygen atoms in total. The largest absolute Gasteiger partial charge is 0.466 e. The van der Waals surface area contributed by atoms with E-state index in [1.165, 1.54) is 4.90 Å². The van der Waals surface area contributed by atoms with Gasteiger partial charge in [-0.2, -0.15) is 0 Å². The average molecular weight is 426 g/mol. The van der Waals surface area contributed by atoms with Gasteiger partial charge in [0.05, 0.1) is 19.1 Å². The van der Waals surface area contributed by atoms with Crippen LogP contribution in [0.1, 0.15) is 19.8 Å². The predicted octanol–water partition coefficient (Wildman–Crippen LogP) is 0.543. The first-order valence-electron chi connectivity index (χ1n) is 7.32. The van der Waals surface area contributed by atoms with Crippen LogP contribution in [0.3, 0.4) is 0 Å². The number of nitrogens with zero attached hydrogens (tertiary/aromatic N) is 3. The molecule has 1 atom stereocenters. The van der Waals surface area contributed by atoms with E-state index in [1.54, 1.807) is 21.1 Å². The van der Waals surface area contributed by atoms with E-state index in [2.05, 4.69) is 10.3 Å². The van der Waals surface area contributed by atoms with Crippen LogP contribution in [0.25, 0.3) is 0 Å². The van der Waals surface area contributed by atoms with Gasteiger partial charge in [0.25, 0.3) is 0 Å². The zero-order chi connectivity index (χ0) is 15.8. The van der Waals surface area contributed by atoms with Gasteiger partial charge in [-0.15, -0.1) is 24.0 Å². The molecule has 0 radical (unpaired) electrons. The van der Waals surface area contributed by atoms with E-state index in [4.69, 9.17) is 4.74 Å². The molecular formula is C14H27IN4O3. The monoisotopic (exact) mass is 426 g/mol. The molecule has 1 N–H and O–H groups in total. The number of rotatable bonds is 4. The molecule has 0 bridgehead atoms. The number of amides is 1. The number of likely N-dealkylation sites (N-methyl/N-ethyl adjacent to an activating group) is 1. The molecule has 22 heavy (non-hydrogen) atoms. The number of halogens is 1. The van der Waals surface area contributed by atoms with Crippen molar-refractivity contribution in [3.8, 4) is 0 Å². The summed E-state index contributed by atoms with van der Waals surface area (Å²) in [6.45, 7) is 3.81. The highest BCUT2D eigenvalue weighted by molar-refractivity contribution is 14.0. The minimum Gasteiger partial charge on any atom is -0.466 e. The Balaban J connectivity index is 0.00000441. The molecule has 1 fully saturated rings. The molecule has 8 heteroatoms. The van der Waals surface area contributed by atoms with Crippen molar-refractivity contribution >= 4 is 41.8 Å². The van der Waals surface area contributed by atoms with Crippen LogP contribution in [0, 0.1) is 5.92 Å². The quantitative estimate of drug-likeness (QED) is 0.308. The standard InChI is InChI=1S/C14H26N4O3.HI/c1-5-21-13(20)11-7-6-8-18(10-11)14(15-2)16-9-12(19)17(3)4;/h11H,5-10H2,1-4H3,(H,15,16);1H/t11-;/m1./s1. The summed E-state index contributed by atoms with van der Waals surface area (Å²) >= 11 is 0. The number of guanidine groups is 1. The van der Waals surface area contributed by atoms with Crippen molar-refractivity contribution in [2.45, 2.75) is 19.8 Å². The van der Waals surface area contributed by atoms with Crippen molar-refractivity contribution in [2.24, 2.45) is 10.9 Å². The summed E-state index contributed by atoms with van der Waals surface area (Å²) in [7, 11) is 5.10. The normalized spacial score (nSPS) is 18.3. The lowest BCUT2D eigenvalue weighted by Crippen LogP contribution is -2.50. The lowest BCUT2D eigenvalue weighted by atomic mass is 9.98. The molecule has 0 aromatic heterocycles. The second-order valence-corrected chi connectivity index (χ2v) is 5.23. The first-order chi connectivity index (χ1) is 9.99. The van der Waals surface area contributed by atoms with E-state index in [1.807, 2.05) is 11.8 Å². The Morgan fingerprint density at radius 2 is 2.09 bits per heavy atom. The van der Waals surface area contributed by atoms with E-state index in [9.17, 15) is 9.59 Å². The van der Waals surface area contributed by atoms with Crippen molar-refractivity contribution in [1.82, 2.24) is 15.1 Å². The van der Waals surface area contributed by atoms with E-state index in [0.29, 0.717) is 19.1 Å². The smallest absolute Gasteiger partial charge is 0.310 e. The first-order valence-corrected chi connectivity index (χ1v) is 7.32. The fourth-order valence-corrected chi connectivity index (χ4v) is 2.27. The molecule has 0 aromatic rings. The topological polar surface area (TPSA) is 74.2 Å². The van der Waals surface area contributed by atoms with Crippen molar-refractivity contribution in [1.29, 1.82) is 0 Å². The first kappa shape index (κ1) is 20.9. The third-order valence-electron chi connectivity index (χ3n) is 3.45. The highest BCUT2D eigenvalue weighted by atomic mass is 127. The van der Waals surface area contributed by atoms with Crippen molar-refractivity contribution < 1.29 is 14.3 Å². The van der Waals surface area contributed by atoms with E-state index in [0.717, 1.165) is 19.4 Å². The molecule has 0 aromatic carbocycles. The minimum absolute atomic E-state index is 0. The molecule has 0 spiro atoms. The highest BCUT2D eigenvalue weighted by Crippen LogP contribution is 2.17. The average Bonchev–Trinajstić information content (AvgIpc) is 2.48. The van der Waals surface area contributed by atoms with Gasteiger partial charge in [0, 0.05) is 34.2 Å². The lowest BCUT2D eigenvalue weighted by Gasteiger charge is -2.33. The number of piperidine rings is 1. The van der Waals surface area contributed by atoms with E-state index < -0.39 is 0 Å². The van der Waals surface area contributed by atoms with Crippen molar-refractivity contribution in [3.05, 3.63) is 0 Å². The second kappa shape index (κ2) is 10.6.